The molecule has 0 saturated carbocycles. The van der Waals surface area contributed by atoms with Crippen LogP contribution in [0.25, 0.3) is 33.5 Å². The van der Waals surface area contributed by atoms with Crippen molar-refractivity contribution in [3.05, 3.63) is 124 Å². The molecule has 0 fully saturated rings. The highest BCUT2D eigenvalue weighted by atomic mass is 127. The van der Waals surface area contributed by atoms with E-state index in [2.05, 4.69) is 50.3 Å². The van der Waals surface area contributed by atoms with Crippen molar-refractivity contribution in [1.82, 2.24) is 9.66 Å². The van der Waals surface area contributed by atoms with E-state index in [0.29, 0.717) is 38.9 Å². The third-order valence-electron chi connectivity index (χ3n) is 6.13. The highest BCUT2D eigenvalue weighted by Crippen LogP contribution is 2.31. The van der Waals surface area contributed by atoms with Gasteiger partial charge in [0.05, 0.1) is 24.3 Å². The minimum Gasteiger partial charge on any atom is -0.487 e. The zero-order valence-electron chi connectivity index (χ0n) is 20.4. The van der Waals surface area contributed by atoms with Crippen molar-refractivity contribution in [2.24, 2.45) is 5.10 Å². The average molecular weight is 792 g/mol. The Bertz CT molecular complexity index is 1980. The number of para-hydroxylation sites is 1. The minimum atomic E-state index is -0.306. The molecule has 4 aromatic carbocycles. The Kier molecular flexibility index (Phi) is 7.84. The molecule has 0 amide bonds. The van der Waals surface area contributed by atoms with Crippen molar-refractivity contribution < 1.29 is 9.15 Å². The number of benzene rings is 4. The lowest BCUT2D eigenvalue weighted by molar-refractivity contribution is 0.302. The van der Waals surface area contributed by atoms with Crippen molar-refractivity contribution in [2.45, 2.75) is 6.61 Å². The molecule has 0 unspecified atom stereocenters. The average Bonchev–Trinajstić information content (AvgIpc) is 3.36. The molecule has 0 bridgehead atoms. The molecule has 6 aromatic rings. The van der Waals surface area contributed by atoms with Gasteiger partial charge in [-0.25, -0.2) is 4.98 Å². The van der Waals surface area contributed by atoms with E-state index in [4.69, 9.17) is 37.3 Å². The van der Waals surface area contributed by atoms with Crippen molar-refractivity contribution in [3.8, 4) is 17.3 Å². The van der Waals surface area contributed by atoms with Crippen LogP contribution in [0.5, 0.6) is 5.75 Å². The van der Waals surface area contributed by atoms with E-state index in [-0.39, 0.29) is 11.4 Å². The number of nitrogens with zero attached hydrogens (tertiary/aromatic N) is 3. The third kappa shape index (κ3) is 5.50. The van der Waals surface area contributed by atoms with Crippen LogP contribution < -0.4 is 10.3 Å². The number of aromatic nitrogens is 2. The summed E-state index contributed by atoms with van der Waals surface area (Å²) in [5.74, 6) is 1.45. The molecular weight excluding hydrogens is 775 g/mol. The Labute approximate surface area is 265 Å². The molecule has 2 heterocycles. The fraction of sp³-hybridized carbons (Fsp3) is 0.0333. The number of rotatable bonds is 6. The van der Waals surface area contributed by atoms with E-state index in [9.17, 15) is 4.79 Å². The zero-order chi connectivity index (χ0) is 27.8. The van der Waals surface area contributed by atoms with Gasteiger partial charge in [0.25, 0.3) is 5.56 Å². The smallest absolute Gasteiger partial charge is 0.282 e. The fourth-order valence-corrected chi connectivity index (χ4v) is 6.69. The zero-order valence-corrected chi connectivity index (χ0v) is 26.3. The van der Waals surface area contributed by atoms with Crippen molar-refractivity contribution >= 4 is 96.5 Å². The number of halogens is 4. The molecule has 2 aromatic heterocycles. The van der Waals surface area contributed by atoms with Gasteiger partial charge in [0, 0.05) is 21.0 Å². The summed E-state index contributed by atoms with van der Waals surface area (Å²) in [4.78, 5) is 18.3. The van der Waals surface area contributed by atoms with Gasteiger partial charge in [-0.2, -0.15) is 9.78 Å². The van der Waals surface area contributed by atoms with Gasteiger partial charge in [-0.15, -0.1) is 0 Å². The maximum Gasteiger partial charge on any atom is 0.282 e. The van der Waals surface area contributed by atoms with E-state index in [1.54, 1.807) is 48.7 Å². The van der Waals surface area contributed by atoms with Gasteiger partial charge in [-0.1, -0.05) is 53.5 Å². The number of ether oxygens (including phenoxy) is 1. The standard InChI is InChI=1S/C30H17Cl2I2N3O3/c31-20-9-10-26-19(13-20)14-27(40-26)29-36-25-8-4-2-6-21(25)30(38)37(29)35-15-17-11-23(33)28(24(34)12-17)39-16-18-5-1-3-7-22(18)32/h1-15H,16H2. The van der Waals surface area contributed by atoms with E-state index in [0.717, 1.165) is 29.4 Å². The van der Waals surface area contributed by atoms with E-state index >= 15 is 0 Å². The van der Waals surface area contributed by atoms with Crippen LogP contribution in [0, 0.1) is 7.14 Å². The molecule has 6 nitrogen and oxygen atoms in total. The van der Waals surface area contributed by atoms with Crippen molar-refractivity contribution in [3.63, 3.8) is 0 Å². The SMILES string of the molecule is O=c1c2ccccc2nc(-c2cc3cc(Cl)ccc3o2)n1N=Cc1cc(I)c(OCc2ccccc2Cl)c(I)c1. The van der Waals surface area contributed by atoms with Crippen LogP contribution in [0.2, 0.25) is 10.0 Å². The molecular formula is C30H17Cl2I2N3O3. The molecule has 40 heavy (non-hydrogen) atoms. The summed E-state index contributed by atoms with van der Waals surface area (Å²) in [6.07, 6.45) is 1.63. The minimum absolute atomic E-state index is 0.288. The van der Waals surface area contributed by atoms with Crippen LogP contribution in [0.15, 0.2) is 99.2 Å². The lowest BCUT2D eigenvalue weighted by atomic mass is 10.2. The molecule has 0 N–H and O–H groups in total. The molecule has 0 saturated heterocycles. The third-order valence-corrected chi connectivity index (χ3v) is 8.33. The van der Waals surface area contributed by atoms with E-state index in [1.807, 2.05) is 42.5 Å². The predicted molar refractivity (Wildman–Crippen MR) is 177 cm³/mol. The first-order chi connectivity index (χ1) is 19.4. The largest absolute Gasteiger partial charge is 0.487 e. The van der Waals surface area contributed by atoms with E-state index < -0.39 is 0 Å². The number of fused-ring (bicyclic) bond motifs is 2. The molecule has 0 aliphatic heterocycles. The highest BCUT2D eigenvalue weighted by Gasteiger charge is 2.17. The highest BCUT2D eigenvalue weighted by molar-refractivity contribution is 14.1. The van der Waals surface area contributed by atoms with Gasteiger partial charge < -0.3 is 9.15 Å². The fourth-order valence-electron chi connectivity index (χ4n) is 4.20. The summed E-state index contributed by atoms with van der Waals surface area (Å²) in [5, 5.41) is 7.08. The summed E-state index contributed by atoms with van der Waals surface area (Å²) >= 11 is 16.9. The van der Waals surface area contributed by atoms with Gasteiger partial charge in [0.15, 0.2) is 5.76 Å². The van der Waals surface area contributed by atoms with Crippen molar-refractivity contribution in [2.75, 3.05) is 0 Å². The molecule has 0 atom stereocenters. The first-order valence-electron chi connectivity index (χ1n) is 12.0. The first kappa shape index (κ1) is 27.3. The second kappa shape index (κ2) is 11.5. The monoisotopic (exact) mass is 791 g/mol. The Balaban J connectivity index is 1.39. The number of furan rings is 1. The summed E-state index contributed by atoms with van der Waals surface area (Å²) in [5.41, 5.74) is 2.58. The number of hydrogen-bond acceptors (Lipinski definition) is 5. The summed E-state index contributed by atoms with van der Waals surface area (Å²) < 4.78 is 15.2. The summed E-state index contributed by atoms with van der Waals surface area (Å²) in [6.45, 7) is 0.351. The Morgan fingerprint density at radius 3 is 2.50 bits per heavy atom. The Morgan fingerprint density at radius 1 is 0.950 bits per heavy atom. The summed E-state index contributed by atoms with van der Waals surface area (Å²) in [7, 11) is 0. The van der Waals surface area contributed by atoms with Crippen LogP contribution in [0.3, 0.4) is 0 Å². The Hall–Kier alpha value is -2.93. The van der Waals surface area contributed by atoms with Crippen LogP contribution in [-0.4, -0.2) is 15.9 Å². The Morgan fingerprint density at radius 2 is 1.70 bits per heavy atom. The van der Waals surface area contributed by atoms with Crippen LogP contribution in [0.4, 0.5) is 0 Å². The van der Waals surface area contributed by atoms with Crippen LogP contribution in [0.1, 0.15) is 11.1 Å². The topological polar surface area (TPSA) is 69.6 Å². The molecule has 198 valence electrons. The summed E-state index contributed by atoms with van der Waals surface area (Å²) in [6, 6.07) is 25.8. The normalized spacial score (nSPS) is 11.6. The van der Waals surface area contributed by atoms with Crippen molar-refractivity contribution in [1.29, 1.82) is 0 Å². The van der Waals surface area contributed by atoms with Crippen LogP contribution >= 0.6 is 68.4 Å². The molecule has 0 radical (unpaired) electrons. The second-order valence-electron chi connectivity index (χ2n) is 8.80. The lowest BCUT2D eigenvalue weighted by Gasteiger charge is -2.12. The molecule has 0 aliphatic rings. The number of hydrogen-bond donors (Lipinski definition) is 0. The predicted octanol–water partition coefficient (Wildman–Crippen LogP) is 8.79. The molecule has 0 spiro atoms. The van der Waals surface area contributed by atoms with Crippen LogP contribution in [-0.2, 0) is 6.61 Å². The maximum absolute atomic E-state index is 13.6. The quantitative estimate of drug-likeness (QED) is 0.125. The first-order valence-corrected chi connectivity index (χ1v) is 14.9. The lowest BCUT2D eigenvalue weighted by Crippen LogP contribution is -2.20. The van der Waals surface area contributed by atoms with Gasteiger partial charge in [-0.05, 0) is 105 Å². The maximum atomic E-state index is 13.6. The second-order valence-corrected chi connectivity index (χ2v) is 12.0. The molecule has 6 rings (SSSR count). The van der Waals surface area contributed by atoms with Gasteiger partial charge >= 0.3 is 0 Å². The van der Waals surface area contributed by atoms with Gasteiger partial charge in [0.1, 0.15) is 17.9 Å². The van der Waals surface area contributed by atoms with E-state index in [1.165, 1.54) is 4.68 Å². The molecule has 0 aliphatic carbocycles. The van der Waals surface area contributed by atoms with Gasteiger partial charge in [0.2, 0.25) is 5.82 Å². The molecule has 10 heteroatoms. The van der Waals surface area contributed by atoms with Gasteiger partial charge in [-0.3, -0.25) is 4.79 Å².